The number of hydrogen-bond donors (Lipinski definition) is 2. The molecule has 0 aromatic rings. The number of carboxylic acids is 2. The first-order valence-corrected chi connectivity index (χ1v) is 6.72. The molecule has 0 radical (unpaired) electrons. The van der Waals surface area contributed by atoms with Crippen molar-refractivity contribution in [2.45, 2.75) is 46.0 Å². The lowest BCUT2D eigenvalue weighted by atomic mass is 9.34. The first kappa shape index (κ1) is 12.0. The predicted molar refractivity (Wildman–Crippen MR) is 64.0 cm³/mol. The van der Waals surface area contributed by atoms with Crippen molar-refractivity contribution in [2.75, 3.05) is 0 Å². The molecule has 2 N–H and O–H groups in total. The summed E-state index contributed by atoms with van der Waals surface area (Å²) >= 11 is 0. The SMILES string of the molecule is CC12CC3CC(C1)CC(C(=O)O)(C3)C2(C)C(=O)O. The third kappa shape index (κ3) is 1.04. The van der Waals surface area contributed by atoms with E-state index in [1.165, 1.54) is 0 Å². The molecule has 100 valence electrons. The lowest BCUT2D eigenvalue weighted by Gasteiger charge is -2.67. The summed E-state index contributed by atoms with van der Waals surface area (Å²) in [7, 11) is 0. The molecule has 0 amide bonds. The van der Waals surface area contributed by atoms with Crippen LogP contribution in [0, 0.1) is 28.1 Å². The second-order valence-corrected chi connectivity index (χ2v) is 7.16. The zero-order valence-corrected chi connectivity index (χ0v) is 10.9. The van der Waals surface area contributed by atoms with Crippen molar-refractivity contribution in [2.24, 2.45) is 28.1 Å². The van der Waals surface area contributed by atoms with Crippen LogP contribution in [0.15, 0.2) is 0 Å². The molecule has 3 atom stereocenters. The summed E-state index contributed by atoms with van der Waals surface area (Å²) in [6.07, 6.45) is 3.96. The van der Waals surface area contributed by atoms with Crippen molar-refractivity contribution in [3.05, 3.63) is 0 Å². The Bertz CT molecular complexity index is 427. The van der Waals surface area contributed by atoms with E-state index in [-0.39, 0.29) is 5.41 Å². The minimum absolute atomic E-state index is 0.360. The Labute approximate surface area is 106 Å². The van der Waals surface area contributed by atoms with Gasteiger partial charge in [0.05, 0.1) is 10.8 Å². The monoisotopic (exact) mass is 252 g/mol. The maximum atomic E-state index is 11.9. The molecule has 4 aliphatic carbocycles. The molecule has 0 saturated heterocycles. The average Bonchev–Trinajstić information content (AvgIpc) is 2.23. The number of aliphatic carboxylic acids is 2. The van der Waals surface area contributed by atoms with Gasteiger partial charge in [0.1, 0.15) is 0 Å². The topological polar surface area (TPSA) is 74.6 Å². The molecule has 0 spiro atoms. The maximum absolute atomic E-state index is 11.9. The Morgan fingerprint density at radius 1 is 0.944 bits per heavy atom. The van der Waals surface area contributed by atoms with Crippen molar-refractivity contribution in [3.8, 4) is 0 Å². The molecule has 0 aromatic carbocycles. The van der Waals surface area contributed by atoms with Crippen LogP contribution >= 0.6 is 0 Å². The van der Waals surface area contributed by atoms with Crippen LogP contribution in [0.2, 0.25) is 0 Å². The van der Waals surface area contributed by atoms with Crippen LogP contribution in [0.1, 0.15) is 46.0 Å². The molecule has 3 unspecified atom stereocenters. The van der Waals surface area contributed by atoms with E-state index in [0.717, 1.165) is 19.3 Å². The van der Waals surface area contributed by atoms with Crippen molar-refractivity contribution in [1.29, 1.82) is 0 Å². The van der Waals surface area contributed by atoms with Gasteiger partial charge in [0.25, 0.3) is 0 Å². The summed E-state index contributed by atoms with van der Waals surface area (Å²) in [4.78, 5) is 23.7. The van der Waals surface area contributed by atoms with Crippen molar-refractivity contribution in [3.63, 3.8) is 0 Å². The van der Waals surface area contributed by atoms with Crippen LogP contribution in [-0.4, -0.2) is 22.2 Å². The third-order valence-electron chi connectivity index (χ3n) is 6.42. The minimum Gasteiger partial charge on any atom is -0.481 e. The zero-order valence-electron chi connectivity index (χ0n) is 10.9. The summed E-state index contributed by atoms with van der Waals surface area (Å²) in [5.74, 6) is -1.00. The van der Waals surface area contributed by atoms with E-state index in [9.17, 15) is 19.8 Å². The molecule has 4 saturated carbocycles. The molecular weight excluding hydrogens is 232 g/mol. The fraction of sp³-hybridized carbons (Fsp3) is 0.857. The standard InChI is InChI=1S/C14H20O4/c1-12-4-8-3-9(5-12)7-14(6-8,11(17)18)13(12,2)10(15)16/h8-9H,3-7H2,1-2H3,(H,15,16)(H,17,18). The molecule has 4 rings (SSSR count). The normalized spacial score (nSPS) is 53.4. The first-order valence-electron chi connectivity index (χ1n) is 6.72. The Balaban J connectivity index is 2.22. The van der Waals surface area contributed by atoms with E-state index in [1.54, 1.807) is 6.92 Å². The van der Waals surface area contributed by atoms with Crippen LogP contribution in [0.25, 0.3) is 0 Å². The van der Waals surface area contributed by atoms with Crippen molar-refractivity contribution in [1.82, 2.24) is 0 Å². The fourth-order valence-electron chi connectivity index (χ4n) is 5.62. The molecule has 0 aromatic heterocycles. The van der Waals surface area contributed by atoms with E-state index >= 15 is 0 Å². The van der Waals surface area contributed by atoms with Crippen LogP contribution in [0.5, 0.6) is 0 Å². The van der Waals surface area contributed by atoms with E-state index in [2.05, 4.69) is 0 Å². The van der Waals surface area contributed by atoms with Gasteiger partial charge in [-0.25, -0.2) is 0 Å². The summed E-state index contributed by atoms with van der Waals surface area (Å²) in [6.45, 7) is 3.68. The van der Waals surface area contributed by atoms with Crippen LogP contribution < -0.4 is 0 Å². The first-order chi connectivity index (χ1) is 8.25. The van der Waals surface area contributed by atoms with E-state index < -0.39 is 22.8 Å². The van der Waals surface area contributed by atoms with Gasteiger partial charge in [0.2, 0.25) is 0 Å². The number of hydrogen-bond acceptors (Lipinski definition) is 2. The van der Waals surface area contributed by atoms with Gasteiger partial charge in [-0.3, -0.25) is 9.59 Å². The molecule has 4 aliphatic rings. The van der Waals surface area contributed by atoms with Crippen LogP contribution in [0.4, 0.5) is 0 Å². The Morgan fingerprint density at radius 3 is 1.83 bits per heavy atom. The highest BCUT2D eigenvalue weighted by atomic mass is 16.4. The van der Waals surface area contributed by atoms with Gasteiger partial charge in [-0.15, -0.1) is 0 Å². The fourth-order valence-corrected chi connectivity index (χ4v) is 5.62. The Morgan fingerprint density at radius 2 is 1.44 bits per heavy atom. The Kier molecular flexibility index (Phi) is 2.06. The minimum atomic E-state index is -1.13. The highest BCUT2D eigenvalue weighted by Gasteiger charge is 2.74. The third-order valence-corrected chi connectivity index (χ3v) is 6.42. The molecule has 4 heteroatoms. The molecule has 0 heterocycles. The summed E-state index contributed by atoms with van der Waals surface area (Å²) in [5.41, 5.74) is -2.53. The van der Waals surface area contributed by atoms with Gasteiger partial charge < -0.3 is 10.2 Å². The van der Waals surface area contributed by atoms with Gasteiger partial charge in [-0.2, -0.15) is 0 Å². The van der Waals surface area contributed by atoms with Crippen molar-refractivity contribution >= 4 is 11.9 Å². The number of carboxylic acid groups (broad SMARTS) is 2. The van der Waals surface area contributed by atoms with E-state index in [0.29, 0.717) is 24.7 Å². The van der Waals surface area contributed by atoms with Gasteiger partial charge in [0, 0.05) is 0 Å². The number of rotatable bonds is 2. The molecule has 4 bridgehead atoms. The smallest absolute Gasteiger partial charge is 0.311 e. The largest absolute Gasteiger partial charge is 0.481 e. The van der Waals surface area contributed by atoms with Crippen LogP contribution in [0.3, 0.4) is 0 Å². The van der Waals surface area contributed by atoms with Crippen LogP contribution in [-0.2, 0) is 9.59 Å². The highest BCUT2D eigenvalue weighted by Crippen LogP contribution is 2.73. The van der Waals surface area contributed by atoms with Gasteiger partial charge in [0.15, 0.2) is 0 Å². The molecule has 4 nitrogen and oxygen atoms in total. The molecule has 0 aliphatic heterocycles. The quantitative estimate of drug-likeness (QED) is 0.791. The van der Waals surface area contributed by atoms with Gasteiger partial charge >= 0.3 is 11.9 Å². The maximum Gasteiger partial charge on any atom is 0.311 e. The van der Waals surface area contributed by atoms with Gasteiger partial charge in [-0.1, -0.05) is 6.92 Å². The molecule has 4 fully saturated rings. The summed E-state index contributed by atoms with van der Waals surface area (Å²) in [5, 5.41) is 19.4. The Hall–Kier alpha value is -1.06. The molecule has 18 heavy (non-hydrogen) atoms. The summed E-state index contributed by atoms with van der Waals surface area (Å²) < 4.78 is 0. The van der Waals surface area contributed by atoms with Gasteiger partial charge in [-0.05, 0) is 56.3 Å². The van der Waals surface area contributed by atoms with E-state index in [4.69, 9.17) is 0 Å². The zero-order chi connectivity index (χ0) is 13.3. The predicted octanol–water partition coefficient (Wildman–Crippen LogP) is 2.38. The number of carbonyl (C=O) groups is 2. The van der Waals surface area contributed by atoms with E-state index in [1.807, 2.05) is 6.92 Å². The lowest BCUT2D eigenvalue weighted by molar-refractivity contribution is -0.235. The lowest BCUT2D eigenvalue weighted by Crippen LogP contribution is -2.68. The highest BCUT2D eigenvalue weighted by molar-refractivity contribution is 5.88. The van der Waals surface area contributed by atoms with Crippen molar-refractivity contribution < 1.29 is 19.8 Å². The second-order valence-electron chi connectivity index (χ2n) is 7.16. The molecular formula is C14H20O4. The summed E-state index contributed by atoms with van der Waals surface area (Å²) in [6, 6.07) is 0. The average molecular weight is 252 g/mol. The second kappa shape index (κ2) is 3.09.